The van der Waals surface area contributed by atoms with E-state index in [2.05, 4.69) is 21.2 Å². The molecule has 1 aliphatic heterocycles. The molecule has 0 bridgehead atoms. The Morgan fingerprint density at radius 3 is 2.82 bits per heavy atom. The lowest BCUT2D eigenvalue weighted by atomic mass is 10.1. The summed E-state index contributed by atoms with van der Waals surface area (Å²) in [6, 6.07) is 3.15. The maximum atomic E-state index is 12.5. The molecule has 0 unspecified atom stereocenters. The van der Waals surface area contributed by atoms with Crippen LogP contribution in [0.3, 0.4) is 0 Å². The van der Waals surface area contributed by atoms with Crippen LogP contribution in [-0.2, 0) is 9.59 Å². The molecular formula is C14H15BrN2O5. The topological polar surface area (TPSA) is 95.9 Å². The van der Waals surface area contributed by atoms with Gasteiger partial charge in [-0.05, 0) is 35.0 Å². The number of benzene rings is 1. The molecule has 0 spiro atoms. The highest BCUT2D eigenvalue weighted by Crippen LogP contribution is 2.34. The van der Waals surface area contributed by atoms with E-state index < -0.39 is 5.97 Å². The number of carbonyl (C=O) groups is 3. The Morgan fingerprint density at radius 1 is 1.45 bits per heavy atom. The molecule has 0 atom stereocenters. The van der Waals surface area contributed by atoms with E-state index in [0.29, 0.717) is 28.0 Å². The van der Waals surface area contributed by atoms with E-state index in [1.54, 1.807) is 19.1 Å². The molecule has 0 aliphatic carbocycles. The average molecular weight is 371 g/mol. The molecule has 7 nitrogen and oxygen atoms in total. The molecule has 2 N–H and O–H groups in total. The van der Waals surface area contributed by atoms with Crippen molar-refractivity contribution in [3.63, 3.8) is 0 Å². The first-order valence-electron chi connectivity index (χ1n) is 6.69. The molecule has 1 heterocycles. The van der Waals surface area contributed by atoms with E-state index in [9.17, 15) is 14.4 Å². The number of carbonyl (C=O) groups excluding carboxylic acids is 2. The van der Waals surface area contributed by atoms with Gasteiger partial charge in [0, 0.05) is 17.6 Å². The number of aliphatic carboxylic acids is 1. The second-order valence-electron chi connectivity index (χ2n) is 4.69. The predicted octanol–water partition coefficient (Wildman–Crippen LogP) is 1.72. The molecule has 0 saturated carbocycles. The molecule has 118 valence electrons. The van der Waals surface area contributed by atoms with Crippen molar-refractivity contribution >= 4 is 39.4 Å². The van der Waals surface area contributed by atoms with E-state index >= 15 is 0 Å². The number of nitrogens with one attached hydrogen (secondary N) is 1. The number of amides is 2. The van der Waals surface area contributed by atoms with E-state index in [1.807, 2.05) is 0 Å². The molecule has 1 aromatic carbocycles. The van der Waals surface area contributed by atoms with E-state index in [0.717, 1.165) is 0 Å². The summed E-state index contributed by atoms with van der Waals surface area (Å²) >= 11 is 3.30. The third kappa shape index (κ3) is 3.56. The first-order valence-corrected chi connectivity index (χ1v) is 7.49. The summed E-state index contributed by atoms with van der Waals surface area (Å²) in [6.07, 6.45) is -0.116. The minimum Gasteiger partial charge on any atom is -0.482 e. The Labute approximate surface area is 135 Å². The van der Waals surface area contributed by atoms with E-state index in [-0.39, 0.29) is 31.4 Å². The zero-order valence-corrected chi connectivity index (χ0v) is 13.5. The van der Waals surface area contributed by atoms with Crippen LogP contribution < -0.4 is 10.1 Å². The molecule has 2 amide bonds. The molecule has 22 heavy (non-hydrogen) atoms. The summed E-state index contributed by atoms with van der Waals surface area (Å²) in [5, 5.41) is 11.4. The lowest BCUT2D eigenvalue weighted by Crippen LogP contribution is -2.33. The molecule has 0 fully saturated rings. The monoisotopic (exact) mass is 370 g/mol. The fourth-order valence-corrected chi connectivity index (χ4v) is 2.58. The minimum absolute atomic E-state index is 0.0984. The van der Waals surface area contributed by atoms with Gasteiger partial charge in [0.2, 0.25) is 0 Å². The third-order valence-corrected chi connectivity index (χ3v) is 3.85. The number of nitrogens with zero attached hydrogens (tertiary/aromatic N) is 1. The smallest absolute Gasteiger partial charge is 0.305 e. The van der Waals surface area contributed by atoms with Crippen LogP contribution >= 0.6 is 15.9 Å². The Bertz CT molecular complexity index is 632. The van der Waals surface area contributed by atoms with Crippen molar-refractivity contribution in [1.82, 2.24) is 4.90 Å². The van der Waals surface area contributed by atoms with Gasteiger partial charge in [-0.3, -0.25) is 14.4 Å². The molecule has 1 aromatic rings. The number of carboxylic acids is 1. The van der Waals surface area contributed by atoms with Gasteiger partial charge >= 0.3 is 5.97 Å². The van der Waals surface area contributed by atoms with Gasteiger partial charge in [0.1, 0.15) is 5.75 Å². The van der Waals surface area contributed by atoms with Crippen LogP contribution in [0.5, 0.6) is 5.75 Å². The van der Waals surface area contributed by atoms with Crippen LogP contribution in [0, 0.1) is 0 Å². The molecule has 0 radical (unpaired) electrons. The summed E-state index contributed by atoms with van der Waals surface area (Å²) in [4.78, 5) is 35.9. The lowest BCUT2D eigenvalue weighted by molar-refractivity contribution is -0.137. The van der Waals surface area contributed by atoms with Crippen molar-refractivity contribution in [3.05, 3.63) is 22.2 Å². The van der Waals surface area contributed by atoms with Gasteiger partial charge in [-0.2, -0.15) is 0 Å². The lowest BCUT2D eigenvalue weighted by Gasteiger charge is -2.23. The average Bonchev–Trinajstić information content (AvgIpc) is 2.46. The molecule has 2 rings (SSSR count). The minimum atomic E-state index is -0.957. The molecular weight excluding hydrogens is 356 g/mol. The highest BCUT2D eigenvalue weighted by molar-refractivity contribution is 9.10. The molecule has 1 aliphatic rings. The first-order chi connectivity index (χ1) is 10.4. The van der Waals surface area contributed by atoms with Gasteiger partial charge in [-0.1, -0.05) is 0 Å². The number of rotatable bonds is 5. The van der Waals surface area contributed by atoms with Crippen molar-refractivity contribution in [2.75, 3.05) is 25.0 Å². The summed E-state index contributed by atoms with van der Waals surface area (Å²) in [6.45, 7) is 2.21. The number of ether oxygens (including phenoxy) is 1. The largest absolute Gasteiger partial charge is 0.482 e. The van der Waals surface area contributed by atoms with Crippen molar-refractivity contribution in [2.45, 2.75) is 13.3 Å². The number of hydrogen-bond acceptors (Lipinski definition) is 4. The van der Waals surface area contributed by atoms with Gasteiger partial charge in [0.25, 0.3) is 11.8 Å². The Kier molecular flexibility index (Phi) is 5.02. The number of halogens is 1. The summed E-state index contributed by atoms with van der Waals surface area (Å²) in [5.41, 5.74) is 0.857. The Hall–Kier alpha value is -2.09. The van der Waals surface area contributed by atoms with Crippen LogP contribution in [0.15, 0.2) is 16.6 Å². The molecule has 8 heteroatoms. The van der Waals surface area contributed by atoms with Crippen molar-refractivity contribution < 1.29 is 24.2 Å². The zero-order chi connectivity index (χ0) is 16.3. The number of hydrogen-bond donors (Lipinski definition) is 2. The van der Waals surface area contributed by atoms with Crippen LogP contribution in [-0.4, -0.2) is 47.5 Å². The first kappa shape index (κ1) is 16.3. The van der Waals surface area contributed by atoms with Crippen LogP contribution in [0.25, 0.3) is 0 Å². The van der Waals surface area contributed by atoms with Crippen LogP contribution in [0.2, 0.25) is 0 Å². The second-order valence-corrected chi connectivity index (χ2v) is 5.55. The SMILES string of the molecule is CCN(CCC(=O)O)C(=O)c1cc2c(cc1Br)NC(=O)CO2. The van der Waals surface area contributed by atoms with Gasteiger partial charge < -0.3 is 20.1 Å². The fraction of sp³-hybridized carbons (Fsp3) is 0.357. The Balaban J connectivity index is 2.25. The van der Waals surface area contributed by atoms with Crippen molar-refractivity contribution in [2.24, 2.45) is 0 Å². The fourth-order valence-electron chi connectivity index (χ4n) is 2.07. The summed E-state index contributed by atoms with van der Waals surface area (Å²) < 4.78 is 5.81. The van der Waals surface area contributed by atoms with E-state index in [1.165, 1.54) is 4.90 Å². The highest BCUT2D eigenvalue weighted by atomic mass is 79.9. The highest BCUT2D eigenvalue weighted by Gasteiger charge is 2.23. The number of anilines is 1. The Morgan fingerprint density at radius 2 is 2.18 bits per heavy atom. The van der Waals surface area contributed by atoms with E-state index in [4.69, 9.17) is 9.84 Å². The number of fused-ring (bicyclic) bond motifs is 1. The summed E-state index contributed by atoms with van der Waals surface area (Å²) in [5.74, 6) is -1.09. The number of carboxylic acid groups (broad SMARTS) is 1. The van der Waals surface area contributed by atoms with Crippen molar-refractivity contribution in [3.8, 4) is 5.75 Å². The van der Waals surface area contributed by atoms with Gasteiger partial charge in [0.15, 0.2) is 6.61 Å². The third-order valence-electron chi connectivity index (χ3n) is 3.20. The standard InChI is InChI=1S/C14H15BrN2O5/c1-2-17(4-3-13(19)20)14(21)8-5-11-10(6-9(8)15)16-12(18)7-22-11/h5-6H,2-4,7H2,1H3,(H,16,18)(H,19,20). The maximum Gasteiger partial charge on any atom is 0.305 e. The zero-order valence-electron chi connectivity index (χ0n) is 11.9. The van der Waals surface area contributed by atoms with Gasteiger partial charge in [-0.25, -0.2) is 0 Å². The predicted molar refractivity (Wildman–Crippen MR) is 82.1 cm³/mol. The summed E-state index contributed by atoms with van der Waals surface area (Å²) in [7, 11) is 0. The molecule has 0 aromatic heterocycles. The maximum absolute atomic E-state index is 12.5. The normalized spacial score (nSPS) is 12.9. The van der Waals surface area contributed by atoms with Gasteiger partial charge in [0.05, 0.1) is 17.7 Å². The van der Waals surface area contributed by atoms with Crippen LogP contribution in [0.1, 0.15) is 23.7 Å². The second kappa shape index (κ2) is 6.78. The quantitative estimate of drug-likeness (QED) is 0.822. The molecule has 0 saturated heterocycles. The van der Waals surface area contributed by atoms with Gasteiger partial charge in [-0.15, -0.1) is 0 Å². The van der Waals surface area contributed by atoms with Crippen molar-refractivity contribution in [1.29, 1.82) is 0 Å². The van der Waals surface area contributed by atoms with Crippen LogP contribution in [0.4, 0.5) is 5.69 Å².